The number of aryl methyl sites for hydroxylation is 1. The van der Waals surface area contributed by atoms with Crippen LogP contribution in [0, 0.1) is 17.0 Å². The minimum absolute atomic E-state index is 0.0294. The van der Waals surface area contributed by atoms with Crippen LogP contribution >= 0.6 is 0 Å². The summed E-state index contributed by atoms with van der Waals surface area (Å²) in [5, 5.41) is 22.5. The van der Waals surface area contributed by atoms with Gasteiger partial charge in [-0.2, -0.15) is 0 Å². The van der Waals surface area contributed by atoms with Crippen molar-refractivity contribution in [3.63, 3.8) is 0 Å². The maximum atomic E-state index is 13.4. The Morgan fingerprint density at radius 1 is 1.03 bits per heavy atom. The fourth-order valence-corrected chi connectivity index (χ4v) is 4.24. The average Bonchev–Trinajstić information content (AvgIpc) is 3.17. The van der Waals surface area contributed by atoms with Gasteiger partial charge in [-0.3, -0.25) is 24.6 Å². The predicted molar refractivity (Wildman–Crippen MR) is 136 cm³/mol. The van der Waals surface area contributed by atoms with Crippen LogP contribution in [-0.2, 0) is 14.3 Å². The molecule has 1 aliphatic heterocycles. The van der Waals surface area contributed by atoms with Crippen LogP contribution in [0.25, 0.3) is 5.76 Å². The second-order valence-electron chi connectivity index (χ2n) is 8.58. The number of carbonyl (C=O) groups is 3. The van der Waals surface area contributed by atoms with Gasteiger partial charge in [0.1, 0.15) is 5.76 Å². The molecular formula is C28H24N2O7. The fraction of sp³-hybridized carbons (Fsp3) is 0.179. The predicted octanol–water partition coefficient (Wildman–Crippen LogP) is 5.10. The van der Waals surface area contributed by atoms with Gasteiger partial charge in [0.2, 0.25) is 0 Å². The Kier molecular flexibility index (Phi) is 7.15. The van der Waals surface area contributed by atoms with Gasteiger partial charge < -0.3 is 9.84 Å². The Bertz CT molecular complexity index is 1440. The van der Waals surface area contributed by atoms with Crippen molar-refractivity contribution in [3.05, 3.63) is 111 Å². The van der Waals surface area contributed by atoms with E-state index in [0.717, 1.165) is 11.6 Å². The highest BCUT2D eigenvalue weighted by Gasteiger charge is 2.47. The maximum absolute atomic E-state index is 13.4. The van der Waals surface area contributed by atoms with E-state index in [-0.39, 0.29) is 34.7 Å². The lowest BCUT2D eigenvalue weighted by molar-refractivity contribution is -0.384. The van der Waals surface area contributed by atoms with E-state index in [1.54, 1.807) is 36.4 Å². The molecule has 1 atom stereocenters. The summed E-state index contributed by atoms with van der Waals surface area (Å²) in [5.74, 6) is -2.95. The molecule has 1 fully saturated rings. The molecule has 0 bridgehead atoms. The summed E-state index contributed by atoms with van der Waals surface area (Å²) in [6.07, 6.45) is 0.644. The quantitative estimate of drug-likeness (QED) is 0.119. The number of carbonyl (C=O) groups excluding carboxylic acids is 3. The molecule has 0 aromatic heterocycles. The smallest absolute Gasteiger partial charge is 0.338 e. The van der Waals surface area contributed by atoms with E-state index in [9.17, 15) is 29.6 Å². The van der Waals surface area contributed by atoms with Crippen LogP contribution in [0.1, 0.15) is 46.4 Å². The zero-order chi connectivity index (χ0) is 26.7. The first-order valence-corrected chi connectivity index (χ1v) is 11.6. The summed E-state index contributed by atoms with van der Waals surface area (Å²) < 4.78 is 5.20. The Morgan fingerprint density at radius 2 is 1.73 bits per heavy atom. The number of hydrogen-bond acceptors (Lipinski definition) is 7. The third kappa shape index (κ3) is 4.97. The number of amides is 1. The van der Waals surface area contributed by atoms with E-state index in [1.165, 1.54) is 29.2 Å². The lowest BCUT2D eigenvalue weighted by Gasteiger charge is -2.26. The summed E-state index contributed by atoms with van der Waals surface area (Å²) >= 11 is 0. The standard InChI is InChI=1S/C28H24N2O7/c1-3-13-37-28(34)20-10-6-11-21(16-20)29-24(18-8-4-7-17(2)14-18)23(26(32)27(29)33)25(31)19-9-5-12-22(15-19)30(35)36/h4-12,14-16,24,31H,3,13H2,1-2H3/b25-23-. The molecule has 37 heavy (non-hydrogen) atoms. The summed E-state index contributed by atoms with van der Waals surface area (Å²) in [6, 6.07) is 17.4. The first-order chi connectivity index (χ1) is 17.7. The number of rotatable bonds is 7. The van der Waals surface area contributed by atoms with Gasteiger partial charge in [0.25, 0.3) is 17.4 Å². The summed E-state index contributed by atoms with van der Waals surface area (Å²) in [6.45, 7) is 3.95. The zero-order valence-electron chi connectivity index (χ0n) is 20.2. The number of nitrogens with zero attached hydrogens (tertiary/aromatic N) is 2. The number of Topliss-reactive ketones (excluding diaryl/α,β-unsaturated/α-hetero) is 1. The van der Waals surface area contributed by atoms with Crippen molar-refractivity contribution >= 4 is 34.8 Å². The topological polar surface area (TPSA) is 127 Å². The molecule has 4 rings (SSSR count). The van der Waals surface area contributed by atoms with Crippen LogP contribution in [0.2, 0.25) is 0 Å². The largest absolute Gasteiger partial charge is 0.507 e. The number of ketones is 1. The number of hydrogen-bond donors (Lipinski definition) is 1. The Balaban J connectivity index is 1.90. The van der Waals surface area contributed by atoms with Gasteiger partial charge in [-0.1, -0.05) is 55.0 Å². The fourth-order valence-electron chi connectivity index (χ4n) is 4.24. The molecule has 0 spiro atoms. The number of non-ortho nitro benzene ring substituents is 1. The molecule has 0 aliphatic carbocycles. The van der Waals surface area contributed by atoms with E-state index in [1.807, 2.05) is 19.9 Å². The lowest BCUT2D eigenvalue weighted by Crippen LogP contribution is -2.29. The molecule has 9 nitrogen and oxygen atoms in total. The Hall–Kier alpha value is -4.79. The first kappa shape index (κ1) is 25.3. The van der Waals surface area contributed by atoms with Crippen molar-refractivity contribution in [2.75, 3.05) is 11.5 Å². The Labute approximate surface area is 212 Å². The van der Waals surface area contributed by atoms with Crippen LogP contribution in [0.15, 0.2) is 78.4 Å². The van der Waals surface area contributed by atoms with Gasteiger partial charge in [0.15, 0.2) is 0 Å². The minimum Gasteiger partial charge on any atom is -0.507 e. The normalized spacial score (nSPS) is 16.6. The van der Waals surface area contributed by atoms with Crippen molar-refractivity contribution in [2.24, 2.45) is 0 Å². The molecule has 3 aromatic carbocycles. The lowest BCUT2D eigenvalue weighted by atomic mass is 9.94. The highest BCUT2D eigenvalue weighted by atomic mass is 16.6. The monoisotopic (exact) mass is 500 g/mol. The molecule has 1 unspecified atom stereocenters. The van der Waals surface area contributed by atoms with Gasteiger partial charge in [-0.15, -0.1) is 0 Å². The minimum atomic E-state index is -1.04. The van der Waals surface area contributed by atoms with Crippen LogP contribution < -0.4 is 4.90 Å². The van der Waals surface area contributed by atoms with Crippen molar-refractivity contribution in [2.45, 2.75) is 26.3 Å². The summed E-state index contributed by atoms with van der Waals surface area (Å²) in [7, 11) is 0. The molecule has 188 valence electrons. The molecule has 1 aliphatic rings. The van der Waals surface area contributed by atoms with Crippen LogP contribution in [0.4, 0.5) is 11.4 Å². The highest BCUT2D eigenvalue weighted by Crippen LogP contribution is 2.42. The first-order valence-electron chi connectivity index (χ1n) is 11.6. The van der Waals surface area contributed by atoms with Crippen molar-refractivity contribution in [1.29, 1.82) is 0 Å². The number of nitro groups is 1. The number of anilines is 1. The van der Waals surface area contributed by atoms with E-state index in [4.69, 9.17) is 4.74 Å². The van der Waals surface area contributed by atoms with Gasteiger partial charge in [0, 0.05) is 23.4 Å². The van der Waals surface area contributed by atoms with E-state index in [0.29, 0.717) is 12.0 Å². The maximum Gasteiger partial charge on any atom is 0.338 e. The highest BCUT2D eigenvalue weighted by molar-refractivity contribution is 6.51. The second-order valence-corrected chi connectivity index (χ2v) is 8.58. The molecule has 1 amide bonds. The Morgan fingerprint density at radius 3 is 2.43 bits per heavy atom. The number of esters is 1. The zero-order valence-corrected chi connectivity index (χ0v) is 20.2. The van der Waals surface area contributed by atoms with Crippen molar-refractivity contribution in [1.82, 2.24) is 0 Å². The van der Waals surface area contributed by atoms with Gasteiger partial charge >= 0.3 is 5.97 Å². The van der Waals surface area contributed by atoms with Crippen LogP contribution in [0.5, 0.6) is 0 Å². The number of ether oxygens (including phenoxy) is 1. The number of nitro benzene ring substituents is 1. The number of aliphatic hydroxyl groups is 1. The molecule has 1 saturated heterocycles. The summed E-state index contributed by atoms with van der Waals surface area (Å²) in [4.78, 5) is 51.0. The van der Waals surface area contributed by atoms with E-state index >= 15 is 0 Å². The molecule has 0 radical (unpaired) electrons. The van der Waals surface area contributed by atoms with Crippen molar-refractivity contribution in [3.8, 4) is 0 Å². The van der Waals surface area contributed by atoms with Gasteiger partial charge in [-0.25, -0.2) is 4.79 Å². The third-order valence-electron chi connectivity index (χ3n) is 5.93. The second kappa shape index (κ2) is 10.4. The van der Waals surface area contributed by atoms with Crippen LogP contribution in [0.3, 0.4) is 0 Å². The molecule has 3 aromatic rings. The number of benzene rings is 3. The van der Waals surface area contributed by atoms with Crippen molar-refractivity contribution < 1.29 is 29.2 Å². The molecule has 1 N–H and O–H groups in total. The average molecular weight is 501 g/mol. The summed E-state index contributed by atoms with van der Waals surface area (Å²) in [5.41, 5.74) is 1.41. The van der Waals surface area contributed by atoms with E-state index in [2.05, 4.69) is 0 Å². The van der Waals surface area contributed by atoms with E-state index < -0.39 is 34.4 Å². The van der Waals surface area contributed by atoms with Crippen LogP contribution in [-0.4, -0.2) is 34.3 Å². The molecular weight excluding hydrogens is 476 g/mol. The molecule has 1 heterocycles. The van der Waals surface area contributed by atoms with Gasteiger partial charge in [-0.05, 0) is 37.1 Å². The SMILES string of the molecule is CCCOC(=O)c1cccc(N2C(=O)C(=O)/C(=C(\O)c3cccc([N+](=O)[O-])c3)C2c2cccc(C)c2)c1. The van der Waals surface area contributed by atoms with Gasteiger partial charge in [0.05, 0.1) is 28.7 Å². The number of aliphatic hydroxyl groups excluding tert-OH is 1. The molecule has 0 saturated carbocycles. The molecule has 9 heteroatoms. The third-order valence-corrected chi connectivity index (χ3v) is 5.93.